The van der Waals surface area contributed by atoms with E-state index in [1.54, 1.807) is 0 Å². The molecule has 1 heterocycles. The molecule has 0 aromatic rings. The molecule has 0 atom stereocenters. The minimum atomic E-state index is 0.822. The van der Waals surface area contributed by atoms with Gasteiger partial charge in [0.2, 0.25) is 0 Å². The average Bonchev–Trinajstić information content (AvgIpc) is 2.29. The molecule has 1 aliphatic rings. The van der Waals surface area contributed by atoms with E-state index < -0.39 is 0 Å². The van der Waals surface area contributed by atoms with Crippen molar-refractivity contribution in [2.45, 2.75) is 13.3 Å². The van der Waals surface area contributed by atoms with Gasteiger partial charge in [-0.15, -0.1) is 0 Å². The lowest BCUT2D eigenvalue weighted by molar-refractivity contribution is 0.149. The fourth-order valence-electron chi connectivity index (χ4n) is 1.78. The Kier molecular flexibility index (Phi) is 7.83. The second-order valence-electron chi connectivity index (χ2n) is 3.89. The number of ether oxygens (including phenoxy) is 1. The molecule has 4 nitrogen and oxygen atoms in total. The zero-order chi connectivity index (χ0) is 10.8. The van der Waals surface area contributed by atoms with Gasteiger partial charge in [0, 0.05) is 39.3 Å². The Labute approximate surface area is 93.4 Å². The van der Waals surface area contributed by atoms with E-state index in [2.05, 4.69) is 15.5 Å². The molecule has 15 heavy (non-hydrogen) atoms. The van der Waals surface area contributed by atoms with E-state index in [1.807, 2.05) is 6.92 Å². The number of nitrogens with zero attached hydrogens (tertiary/aromatic N) is 1. The molecule has 1 fully saturated rings. The molecule has 0 aliphatic carbocycles. The summed E-state index contributed by atoms with van der Waals surface area (Å²) < 4.78 is 5.25. The lowest BCUT2D eigenvalue weighted by Gasteiger charge is -2.27. The van der Waals surface area contributed by atoms with Crippen molar-refractivity contribution in [3.05, 3.63) is 0 Å². The lowest BCUT2D eigenvalue weighted by atomic mass is 10.3. The molecular formula is C11H25N3O. The van der Waals surface area contributed by atoms with E-state index >= 15 is 0 Å². The largest absolute Gasteiger partial charge is 0.380 e. The van der Waals surface area contributed by atoms with Gasteiger partial charge in [0.1, 0.15) is 0 Å². The molecule has 2 N–H and O–H groups in total. The highest BCUT2D eigenvalue weighted by Gasteiger charge is 2.07. The lowest BCUT2D eigenvalue weighted by Crippen LogP contribution is -2.44. The summed E-state index contributed by atoms with van der Waals surface area (Å²) in [7, 11) is 0. The molecule has 0 aromatic heterocycles. The van der Waals surface area contributed by atoms with Gasteiger partial charge in [0.15, 0.2) is 0 Å². The summed E-state index contributed by atoms with van der Waals surface area (Å²) in [6.45, 7) is 11.7. The topological polar surface area (TPSA) is 36.5 Å². The molecule has 0 aromatic carbocycles. The fourth-order valence-corrected chi connectivity index (χ4v) is 1.78. The minimum Gasteiger partial charge on any atom is -0.380 e. The van der Waals surface area contributed by atoms with Crippen molar-refractivity contribution < 1.29 is 4.74 Å². The first kappa shape index (κ1) is 12.9. The predicted molar refractivity (Wildman–Crippen MR) is 63.3 cm³/mol. The van der Waals surface area contributed by atoms with Crippen LogP contribution >= 0.6 is 0 Å². The standard InChI is InChI=1S/C11H25N3O/c1-2-15-11-7-12-4-3-8-14-9-5-13-6-10-14/h12-13H,2-11H2,1H3. The molecule has 0 amide bonds. The molecule has 1 aliphatic heterocycles. The summed E-state index contributed by atoms with van der Waals surface area (Å²) in [5.74, 6) is 0. The van der Waals surface area contributed by atoms with Gasteiger partial charge in [0.25, 0.3) is 0 Å². The van der Waals surface area contributed by atoms with Crippen LogP contribution in [0, 0.1) is 0 Å². The van der Waals surface area contributed by atoms with Crippen LogP contribution < -0.4 is 10.6 Å². The molecular weight excluding hydrogens is 190 g/mol. The minimum absolute atomic E-state index is 0.822. The van der Waals surface area contributed by atoms with Crippen LogP contribution in [0.2, 0.25) is 0 Å². The van der Waals surface area contributed by atoms with Crippen molar-refractivity contribution >= 4 is 0 Å². The van der Waals surface area contributed by atoms with Gasteiger partial charge < -0.3 is 20.3 Å². The van der Waals surface area contributed by atoms with E-state index in [0.717, 1.165) is 39.4 Å². The summed E-state index contributed by atoms with van der Waals surface area (Å²) in [6.07, 6.45) is 1.24. The molecule has 0 radical (unpaired) electrons. The summed E-state index contributed by atoms with van der Waals surface area (Å²) in [4.78, 5) is 2.53. The van der Waals surface area contributed by atoms with Gasteiger partial charge in [-0.05, 0) is 26.4 Å². The van der Waals surface area contributed by atoms with Gasteiger partial charge in [-0.2, -0.15) is 0 Å². The van der Waals surface area contributed by atoms with Crippen LogP contribution in [0.5, 0.6) is 0 Å². The second-order valence-corrected chi connectivity index (χ2v) is 3.89. The first-order chi connectivity index (χ1) is 7.43. The Morgan fingerprint density at radius 3 is 2.80 bits per heavy atom. The molecule has 0 bridgehead atoms. The Balaban J connectivity index is 1.79. The van der Waals surface area contributed by atoms with Gasteiger partial charge >= 0.3 is 0 Å². The monoisotopic (exact) mass is 215 g/mol. The highest BCUT2D eigenvalue weighted by atomic mass is 16.5. The van der Waals surface area contributed by atoms with Crippen molar-refractivity contribution in [2.75, 3.05) is 59.0 Å². The summed E-state index contributed by atoms with van der Waals surface area (Å²) in [6, 6.07) is 0. The third-order valence-corrected chi connectivity index (χ3v) is 2.66. The SMILES string of the molecule is CCOCCNCCCN1CCNCC1. The maximum Gasteiger partial charge on any atom is 0.0590 e. The number of hydrogen-bond donors (Lipinski definition) is 2. The zero-order valence-electron chi connectivity index (χ0n) is 9.93. The Bertz CT molecular complexity index is 138. The van der Waals surface area contributed by atoms with E-state index in [-0.39, 0.29) is 0 Å². The second kappa shape index (κ2) is 9.09. The molecule has 0 spiro atoms. The van der Waals surface area contributed by atoms with Crippen molar-refractivity contribution in [3.63, 3.8) is 0 Å². The van der Waals surface area contributed by atoms with Gasteiger partial charge in [-0.3, -0.25) is 0 Å². The zero-order valence-corrected chi connectivity index (χ0v) is 9.93. The first-order valence-electron chi connectivity index (χ1n) is 6.15. The van der Waals surface area contributed by atoms with Crippen LogP contribution in [0.4, 0.5) is 0 Å². The maximum atomic E-state index is 5.25. The number of rotatable bonds is 8. The van der Waals surface area contributed by atoms with Gasteiger partial charge in [0.05, 0.1) is 6.61 Å². The van der Waals surface area contributed by atoms with E-state index in [0.29, 0.717) is 0 Å². The van der Waals surface area contributed by atoms with E-state index in [4.69, 9.17) is 4.74 Å². The van der Waals surface area contributed by atoms with Crippen LogP contribution in [0.25, 0.3) is 0 Å². The Morgan fingerprint density at radius 1 is 1.27 bits per heavy atom. The average molecular weight is 215 g/mol. The number of nitrogens with one attached hydrogen (secondary N) is 2. The Morgan fingerprint density at radius 2 is 2.07 bits per heavy atom. The molecule has 1 rings (SSSR count). The van der Waals surface area contributed by atoms with Crippen molar-refractivity contribution in [1.29, 1.82) is 0 Å². The van der Waals surface area contributed by atoms with Crippen LogP contribution in [0.3, 0.4) is 0 Å². The maximum absolute atomic E-state index is 5.25. The summed E-state index contributed by atoms with van der Waals surface area (Å²) in [5.41, 5.74) is 0. The van der Waals surface area contributed by atoms with Gasteiger partial charge in [-0.1, -0.05) is 0 Å². The highest BCUT2D eigenvalue weighted by Crippen LogP contribution is 1.93. The van der Waals surface area contributed by atoms with Gasteiger partial charge in [-0.25, -0.2) is 0 Å². The van der Waals surface area contributed by atoms with Crippen LogP contribution in [0.15, 0.2) is 0 Å². The normalized spacial score (nSPS) is 18.2. The number of piperazine rings is 1. The molecule has 1 saturated heterocycles. The van der Waals surface area contributed by atoms with E-state index in [1.165, 1.54) is 26.1 Å². The molecule has 0 saturated carbocycles. The molecule has 90 valence electrons. The Hall–Kier alpha value is -0.160. The number of hydrogen-bond acceptors (Lipinski definition) is 4. The fraction of sp³-hybridized carbons (Fsp3) is 1.00. The first-order valence-corrected chi connectivity index (χ1v) is 6.15. The van der Waals surface area contributed by atoms with Crippen molar-refractivity contribution in [3.8, 4) is 0 Å². The van der Waals surface area contributed by atoms with Crippen molar-refractivity contribution in [1.82, 2.24) is 15.5 Å². The molecule has 0 unspecified atom stereocenters. The third-order valence-electron chi connectivity index (χ3n) is 2.66. The van der Waals surface area contributed by atoms with Crippen LogP contribution in [-0.2, 0) is 4.74 Å². The predicted octanol–water partition coefficient (Wildman–Crippen LogP) is -0.0922. The van der Waals surface area contributed by atoms with E-state index in [9.17, 15) is 0 Å². The quantitative estimate of drug-likeness (QED) is 0.555. The summed E-state index contributed by atoms with van der Waals surface area (Å²) >= 11 is 0. The van der Waals surface area contributed by atoms with Crippen molar-refractivity contribution in [2.24, 2.45) is 0 Å². The highest BCUT2D eigenvalue weighted by molar-refractivity contribution is 4.67. The van der Waals surface area contributed by atoms with Crippen LogP contribution in [0.1, 0.15) is 13.3 Å². The third kappa shape index (κ3) is 6.84. The smallest absolute Gasteiger partial charge is 0.0590 e. The summed E-state index contributed by atoms with van der Waals surface area (Å²) in [5, 5.41) is 6.76. The molecule has 4 heteroatoms. The van der Waals surface area contributed by atoms with Crippen LogP contribution in [-0.4, -0.2) is 63.9 Å².